The fourth-order valence-electron chi connectivity index (χ4n) is 0.427. The maximum absolute atomic E-state index is 8.00. The summed E-state index contributed by atoms with van der Waals surface area (Å²) in [6, 6.07) is 0. The van der Waals surface area contributed by atoms with Crippen LogP contribution < -0.4 is 28.7 Å². The third-order valence-corrected chi connectivity index (χ3v) is 0.687. The van der Waals surface area contributed by atoms with E-state index in [4.69, 9.17) is 27.4 Å². The average molecular weight is 252 g/mol. The number of hydrogen-bond donors (Lipinski definition) is 6. The van der Waals surface area contributed by atoms with Gasteiger partial charge in [-0.2, -0.15) is 15.0 Å². The van der Waals surface area contributed by atoms with Gasteiger partial charge in [0.05, 0.1) is 0 Å². The third kappa shape index (κ3) is 14.2. The number of anilines is 3. The molecule has 10 nitrogen and oxygen atoms in total. The van der Waals surface area contributed by atoms with Crippen LogP contribution in [0.3, 0.4) is 0 Å². The molecule has 0 atom stereocenters. The van der Waals surface area contributed by atoms with Crippen molar-refractivity contribution >= 4 is 43.0 Å². The predicted octanol–water partition coefficient (Wildman–Crippen LogP) is -2.31. The molecule has 0 radical (unpaired) electrons. The molecule has 1 aromatic rings. The lowest BCUT2D eigenvalue weighted by atomic mass is 10.9. The molecule has 1 rings (SSSR count). The zero-order valence-electron chi connectivity index (χ0n) is 8.25. The smallest absolute Gasteiger partial charge is 0.226 e. The molecule has 0 aliphatic rings. The molecule has 0 amide bonds. The fraction of sp³-hybridized carbons (Fsp3) is 0. The van der Waals surface area contributed by atoms with Gasteiger partial charge in [-0.15, -0.1) is 12.4 Å². The van der Waals surface area contributed by atoms with Crippen LogP contribution in [0.4, 0.5) is 17.8 Å². The minimum absolute atomic E-state index is 0. The molecule has 0 unspecified atom stereocenters. The number of carbonyl (C=O) groups is 1. The molecule has 16 heavy (non-hydrogen) atoms. The topological polar surface area (TPSA) is 210 Å². The number of guanidine groups is 1. The highest BCUT2D eigenvalue weighted by atomic mass is 35.5. The van der Waals surface area contributed by atoms with Gasteiger partial charge >= 0.3 is 0 Å². The van der Waals surface area contributed by atoms with Crippen molar-refractivity contribution in [2.45, 2.75) is 0 Å². The van der Waals surface area contributed by atoms with Gasteiger partial charge in [-0.1, -0.05) is 0 Å². The van der Waals surface area contributed by atoms with Crippen LogP contribution in [0.5, 0.6) is 0 Å². The van der Waals surface area contributed by atoms with E-state index in [1.165, 1.54) is 0 Å². The SMILES string of the molecule is C=O.Cl.N=C(N)N.Nc1nc(N)nc(N)n1. The summed E-state index contributed by atoms with van der Waals surface area (Å²) in [5, 5.41) is 6.06. The summed E-state index contributed by atoms with van der Waals surface area (Å²) >= 11 is 0. The number of nitrogens with one attached hydrogen (secondary N) is 1. The van der Waals surface area contributed by atoms with E-state index in [9.17, 15) is 0 Å². The number of halogens is 1. The fourth-order valence-corrected chi connectivity index (χ4v) is 0.427. The van der Waals surface area contributed by atoms with Crippen molar-refractivity contribution in [1.29, 1.82) is 5.41 Å². The molecule has 0 aromatic carbocycles. The molecular weight excluding hydrogens is 238 g/mol. The Kier molecular flexibility index (Phi) is 12.9. The lowest BCUT2D eigenvalue weighted by Gasteiger charge is -1.93. The number of nitrogen functional groups attached to an aromatic ring is 3. The third-order valence-electron chi connectivity index (χ3n) is 0.687. The normalized spacial score (nSPS) is 7.00. The summed E-state index contributed by atoms with van der Waals surface area (Å²) in [6.07, 6.45) is 0. The van der Waals surface area contributed by atoms with E-state index in [0.29, 0.717) is 0 Å². The standard InChI is InChI=1S/C3H6N6.CH5N3.CH2O.ClH/c4-1-7-2(5)9-3(6)8-1;2-1(3)4;1-2;/h(H6,4,5,6,7,8,9);(H5,2,3,4);1H2;1H. The Bertz CT molecular complexity index is 264. The zero-order valence-corrected chi connectivity index (χ0v) is 9.07. The molecular formula is C5H14ClN9O. The highest BCUT2D eigenvalue weighted by molar-refractivity contribution is 5.85. The van der Waals surface area contributed by atoms with Gasteiger partial charge in [-0.25, -0.2) is 0 Å². The second-order valence-corrected chi connectivity index (χ2v) is 1.87. The van der Waals surface area contributed by atoms with Gasteiger partial charge in [0, 0.05) is 0 Å². The van der Waals surface area contributed by atoms with Crippen LogP contribution in [0.1, 0.15) is 0 Å². The molecule has 92 valence electrons. The Morgan fingerprint density at radius 3 is 1.19 bits per heavy atom. The zero-order chi connectivity index (χ0) is 12.4. The Morgan fingerprint density at radius 1 is 0.938 bits per heavy atom. The molecule has 0 bridgehead atoms. The first kappa shape index (κ1) is 19.2. The first-order valence-electron chi connectivity index (χ1n) is 3.32. The van der Waals surface area contributed by atoms with Gasteiger partial charge in [-0.05, 0) is 0 Å². The first-order chi connectivity index (χ1) is 6.91. The Labute approximate surface area is 97.5 Å². The van der Waals surface area contributed by atoms with Crippen LogP contribution in [0.25, 0.3) is 0 Å². The van der Waals surface area contributed by atoms with Crippen molar-refractivity contribution in [1.82, 2.24) is 15.0 Å². The predicted molar refractivity (Wildman–Crippen MR) is 63.5 cm³/mol. The quantitative estimate of drug-likeness (QED) is 0.216. The van der Waals surface area contributed by atoms with E-state index in [1.54, 1.807) is 0 Å². The van der Waals surface area contributed by atoms with Gasteiger partial charge in [0.25, 0.3) is 0 Å². The lowest BCUT2D eigenvalue weighted by Crippen LogP contribution is -2.20. The van der Waals surface area contributed by atoms with Crippen molar-refractivity contribution < 1.29 is 4.79 Å². The molecule has 1 heterocycles. The molecule has 11 N–H and O–H groups in total. The van der Waals surface area contributed by atoms with Crippen molar-refractivity contribution in [2.24, 2.45) is 11.5 Å². The second-order valence-electron chi connectivity index (χ2n) is 1.87. The summed E-state index contributed by atoms with van der Waals surface area (Å²) in [6.45, 7) is 2.00. The maximum Gasteiger partial charge on any atom is 0.226 e. The Morgan fingerprint density at radius 2 is 1.06 bits per heavy atom. The van der Waals surface area contributed by atoms with Crippen molar-refractivity contribution in [3.8, 4) is 0 Å². The number of hydrogen-bond acceptors (Lipinski definition) is 8. The van der Waals surface area contributed by atoms with E-state index in [1.807, 2.05) is 6.79 Å². The summed E-state index contributed by atoms with van der Waals surface area (Å²) < 4.78 is 0. The van der Waals surface area contributed by atoms with E-state index in [0.717, 1.165) is 0 Å². The van der Waals surface area contributed by atoms with Crippen molar-refractivity contribution in [2.75, 3.05) is 17.2 Å². The van der Waals surface area contributed by atoms with Gasteiger partial charge in [-0.3, -0.25) is 5.41 Å². The number of nitrogens with two attached hydrogens (primary N) is 5. The van der Waals surface area contributed by atoms with Gasteiger partial charge in [0.2, 0.25) is 17.8 Å². The highest BCUT2D eigenvalue weighted by Crippen LogP contribution is 1.97. The average Bonchev–Trinajstić information content (AvgIpc) is 2.03. The number of aromatic nitrogens is 3. The number of carbonyl (C=O) groups excluding carboxylic acids is 1. The first-order valence-corrected chi connectivity index (χ1v) is 3.32. The summed E-state index contributed by atoms with van der Waals surface area (Å²) in [4.78, 5) is 18.5. The summed E-state index contributed by atoms with van der Waals surface area (Å²) in [5.74, 6) is -0.208. The van der Waals surface area contributed by atoms with Crippen LogP contribution in [0, 0.1) is 5.41 Å². The minimum Gasteiger partial charge on any atom is -0.370 e. The van der Waals surface area contributed by atoms with Gasteiger partial charge < -0.3 is 33.5 Å². The van der Waals surface area contributed by atoms with Gasteiger partial charge in [0.1, 0.15) is 6.79 Å². The Hall–Kier alpha value is -2.36. The minimum atomic E-state index is -0.333. The van der Waals surface area contributed by atoms with E-state index >= 15 is 0 Å². The molecule has 11 heteroatoms. The Balaban J connectivity index is -0.000000209. The van der Waals surface area contributed by atoms with E-state index in [-0.39, 0.29) is 36.2 Å². The molecule has 1 aromatic heterocycles. The van der Waals surface area contributed by atoms with Crippen LogP contribution in [0.15, 0.2) is 0 Å². The second kappa shape index (κ2) is 10.7. The summed E-state index contributed by atoms with van der Waals surface area (Å²) in [7, 11) is 0. The molecule has 0 spiro atoms. The van der Waals surface area contributed by atoms with Crippen molar-refractivity contribution in [3.05, 3.63) is 0 Å². The van der Waals surface area contributed by atoms with E-state index in [2.05, 4.69) is 26.4 Å². The van der Waals surface area contributed by atoms with E-state index < -0.39 is 0 Å². The largest absolute Gasteiger partial charge is 0.370 e. The monoisotopic (exact) mass is 251 g/mol. The van der Waals surface area contributed by atoms with Crippen LogP contribution in [-0.2, 0) is 4.79 Å². The van der Waals surface area contributed by atoms with Crippen LogP contribution in [0.2, 0.25) is 0 Å². The van der Waals surface area contributed by atoms with Crippen LogP contribution >= 0.6 is 12.4 Å². The molecule has 0 fully saturated rings. The maximum atomic E-state index is 8.00. The molecule has 0 aliphatic carbocycles. The van der Waals surface area contributed by atoms with Crippen molar-refractivity contribution in [3.63, 3.8) is 0 Å². The highest BCUT2D eigenvalue weighted by Gasteiger charge is 1.93. The molecule has 0 saturated carbocycles. The van der Waals surface area contributed by atoms with Gasteiger partial charge in [0.15, 0.2) is 5.96 Å². The number of nitrogens with zero attached hydrogens (tertiary/aromatic N) is 3. The van der Waals surface area contributed by atoms with Crippen LogP contribution in [-0.4, -0.2) is 27.7 Å². The molecule has 0 aliphatic heterocycles. The summed E-state index contributed by atoms with van der Waals surface area (Å²) in [5.41, 5.74) is 24.4. The lowest BCUT2D eigenvalue weighted by molar-refractivity contribution is -0.0979. The number of rotatable bonds is 0. The molecule has 0 saturated heterocycles.